The molecule has 0 atom stereocenters. The van der Waals surface area contributed by atoms with E-state index in [2.05, 4.69) is 28.0 Å². The van der Waals surface area contributed by atoms with E-state index in [1.54, 1.807) is 4.68 Å². The fourth-order valence-corrected chi connectivity index (χ4v) is 3.18. The van der Waals surface area contributed by atoms with Crippen molar-refractivity contribution >= 4 is 34.1 Å². The van der Waals surface area contributed by atoms with E-state index in [4.69, 9.17) is 11.6 Å². The van der Waals surface area contributed by atoms with E-state index in [1.807, 2.05) is 55.7 Å². The first-order chi connectivity index (χ1) is 13.0. The highest BCUT2D eigenvalue weighted by Crippen LogP contribution is 2.34. The molecular weight excluding hydrogens is 360 g/mol. The van der Waals surface area contributed by atoms with Gasteiger partial charge in [-0.1, -0.05) is 30.3 Å². The molecular formula is C21H17ClN4O. The summed E-state index contributed by atoms with van der Waals surface area (Å²) < 4.78 is 1.75. The smallest absolute Gasteiger partial charge is 0.247 e. The lowest BCUT2D eigenvalue weighted by Gasteiger charge is -2.07. The highest BCUT2D eigenvalue weighted by Gasteiger charge is 2.13. The van der Waals surface area contributed by atoms with Crippen molar-refractivity contribution in [2.45, 2.75) is 0 Å². The predicted octanol–water partition coefficient (Wildman–Crippen LogP) is 5.01. The first-order valence-electron chi connectivity index (χ1n) is 8.39. The lowest BCUT2D eigenvalue weighted by atomic mass is 10.1. The van der Waals surface area contributed by atoms with Gasteiger partial charge in [-0.25, -0.2) is 0 Å². The molecule has 27 heavy (non-hydrogen) atoms. The number of benzene rings is 2. The number of halogens is 1. The van der Waals surface area contributed by atoms with Crippen LogP contribution in [0.15, 0.2) is 67.4 Å². The van der Waals surface area contributed by atoms with Gasteiger partial charge in [0.2, 0.25) is 5.91 Å². The van der Waals surface area contributed by atoms with Crippen molar-refractivity contribution < 1.29 is 4.79 Å². The van der Waals surface area contributed by atoms with Crippen LogP contribution in [0.1, 0.15) is 0 Å². The predicted molar refractivity (Wildman–Crippen MR) is 110 cm³/mol. The molecule has 4 aromatic rings. The first kappa shape index (κ1) is 17.1. The SMILES string of the molecule is C=CC(=O)Nc1cc(-c2ccn(C)n2)c2[nH]c(-c3ccc(Cl)cc3)cc2c1. The van der Waals surface area contributed by atoms with Crippen LogP contribution >= 0.6 is 11.6 Å². The Morgan fingerprint density at radius 1 is 1.22 bits per heavy atom. The zero-order chi connectivity index (χ0) is 19.0. The maximum absolute atomic E-state index is 11.8. The molecule has 2 aromatic carbocycles. The minimum atomic E-state index is -0.255. The molecule has 0 aliphatic carbocycles. The number of fused-ring (bicyclic) bond motifs is 1. The molecule has 2 aromatic heterocycles. The number of hydrogen-bond donors (Lipinski definition) is 2. The van der Waals surface area contributed by atoms with E-state index in [0.717, 1.165) is 33.4 Å². The monoisotopic (exact) mass is 376 g/mol. The number of nitrogens with zero attached hydrogens (tertiary/aromatic N) is 2. The van der Waals surface area contributed by atoms with Crippen molar-refractivity contribution in [2.75, 3.05) is 5.32 Å². The van der Waals surface area contributed by atoms with Gasteiger partial charge in [-0.05, 0) is 48.0 Å². The lowest BCUT2D eigenvalue weighted by Crippen LogP contribution is -2.07. The molecule has 2 N–H and O–H groups in total. The van der Waals surface area contributed by atoms with E-state index in [1.165, 1.54) is 6.08 Å². The summed E-state index contributed by atoms with van der Waals surface area (Å²) in [7, 11) is 1.87. The number of amides is 1. The molecule has 6 heteroatoms. The van der Waals surface area contributed by atoms with Gasteiger partial charge in [0, 0.05) is 40.6 Å². The van der Waals surface area contributed by atoms with E-state index in [0.29, 0.717) is 10.7 Å². The molecule has 0 aliphatic rings. The third kappa shape index (κ3) is 3.37. The Kier molecular flexibility index (Phi) is 4.30. The second-order valence-corrected chi connectivity index (χ2v) is 6.68. The number of carbonyl (C=O) groups excluding carboxylic acids is 1. The fraction of sp³-hybridized carbons (Fsp3) is 0.0476. The van der Waals surface area contributed by atoms with Gasteiger partial charge >= 0.3 is 0 Å². The third-order valence-corrected chi connectivity index (χ3v) is 4.58. The number of hydrogen-bond acceptors (Lipinski definition) is 2. The Hall–Kier alpha value is -3.31. The molecule has 2 heterocycles. The molecule has 1 amide bonds. The van der Waals surface area contributed by atoms with Gasteiger partial charge in [-0.3, -0.25) is 9.48 Å². The zero-order valence-electron chi connectivity index (χ0n) is 14.7. The topological polar surface area (TPSA) is 62.7 Å². The van der Waals surface area contributed by atoms with Gasteiger partial charge in [-0.2, -0.15) is 5.10 Å². The number of aryl methyl sites for hydroxylation is 1. The summed E-state index contributed by atoms with van der Waals surface area (Å²) in [6.07, 6.45) is 3.14. The van der Waals surface area contributed by atoms with Crippen LogP contribution in [0.5, 0.6) is 0 Å². The highest BCUT2D eigenvalue weighted by atomic mass is 35.5. The van der Waals surface area contributed by atoms with E-state index < -0.39 is 0 Å². The zero-order valence-corrected chi connectivity index (χ0v) is 15.4. The molecule has 0 bridgehead atoms. The molecule has 0 saturated heterocycles. The summed E-state index contributed by atoms with van der Waals surface area (Å²) in [5.41, 5.74) is 5.37. The van der Waals surface area contributed by atoms with Crippen molar-refractivity contribution in [3.8, 4) is 22.5 Å². The average Bonchev–Trinajstić information content (AvgIpc) is 3.27. The quantitative estimate of drug-likeness (QED) is 0.491. The molecule has 0 radical (unpaired) electrons. The fourth-order valence-electron chi connectivity index (χ4n) is 3.06. The Labute approximate surface area is 161 Å². The average molecular weight is 377 g/mol. The number of aromatic nitrogens is 3. The highest BCUT2D eigenvalue weighted by molar-refractivity contribution is 6.30. The largest absolute Gasteiger partial charge is 0.354 e. The minimum absolute atomic E-state index is 0.255. The number of anilines is 1. The maximum Gasteiger partial charge on any atom is 0.247 e. The van der Waals surface area contributed by atoms with Crippen LogP contribution in [0.4, 0.5) is 5.69 Å². The molecule has 0 saturated carbocycles. The van der Waals surface area contributed by atoms with Crippen LogP contribution in [-0.4, -0.2) is 20.7 Å². The van der Waals surface area contributed by atoms with E-state index in [-0.39, 0.29) is 5.91 Å². The van der Waals surface area contributed by atoms with Crippen LogP contribution < -0.4 is 5.32 Å². The second kappa shape index (κ2) is 6.78. The summed E-state index contributed by atoms with van der Waals surface area (Å²) in [5.74, 6) is -0.255. The number of aromatic amines is 1. The van der Waals surface area contributed by atoms with Gasteiger partial charge in [0.25, 0.3) is 0 Å². The van der Waals surface area contributed by atoms with Gasteiger partial charge in [0.15, 0.2) is 0 Å². The minimum Gasteiger partial charge on any atom is -0.354 e. The van der Waals surface area contributed by atoms with Crippen molar-refractivity contribution in [1.29, 1.82) is 0 Å². The maximum atomic E-state index is 11.8. The van der Waals surface area contributed by atoms with Crippen molar-refractivity contribution in [3.05, 3.63) is 72.4 Å². The molecule has 0 spiro atoms. The number of carbonyl (C=O) groups is 1. The Morgan fingerprint density at radius 2 is 2.00 bits per heavy atom. The van der Waals surface area contributed by atoms with E-state index >= 15 is 0 Å². The van der Waals surface area contributed by atoms with Crippen molar-refractivity contribution in [3.63, 3.8) is 0 Å². The Balaban J connectivity index is 1.90. The molecule has 0 unspecified atom stereocenters. The van der Waals surface area contributed by atoms with Crippen molar-refractivity contribution in [2.24, 2.45) is 7.05 Å². The van der Waals surface area contributed by atoms with Gasteiger partial charge in [-0.15, -0.1) is 0 Å². The number of nitrogens with one attached hydrogen (secondary N) is 2. The Morgan fingerprint density at radius 3 is 2.67 bits per heavy atom. The summed E-state index contributed by atoms with van der Waals surface area (Å²) in [4.78, 5) is 15.2. The molecule has 0 fully saturated rings. The number of H-pyrrole nitrogens is 1. The molecule has 4 rings (SSSR count). The normalized spacial score (nSPS) is 10.9. The second-order valence-electron chi connectivity index (χ2n) is 6.25. The first-order valence-corrected chi connectivity index (χ1v) is 8.77. The summed E-state index contributed by atoms with van der Waals surface area (Å²) >= 11 is 6.00. The van der Waals surface area contributed by atoms with Crippen LogP contribution in [0, 0.1) is 0 Å². The molecule has 134 valence electrons. The van der Waals surface area contributed by atoms with Crippen LogP contribution in [0.25, 0.3) is 33.4 Å². The molecule has 0 aliphatic heterocycles. The third-order valence-electron chi connectivity index (χ3n) is 4.33. The van der Waals surface area contributed by atoms with Crippen LogP contribution in [-0.2, 0) is 11.8 Å². The molecule has 5 nitrogen and oxygen atoms in total. The van der Waals surface area contributed by atoms with Crippen molar-refractivity contribution in [1.82, 2.24) is 14.8 Å². The number of rotatable bonds is 4. The van der Waals surface area contributed by atoms with E-state index in [9.17, 15) is 4.79 Å². The Bertz CT molecular complexity index is 1150. The van der Waals surface area contributed by atoms with Gasteiger partial charge in [0.1, 0.15) is 0 Å². The van der Waals surface area contributed by atoms with Gasteiger partial charge in [0.05, 0.1) is 11.2 Å². The van der Waals surface area contributed by atoms with Crippen LogP contribution in [0.3, 0.4) is 0 Å². The lowest BCUT2D eigenvalue weighted by molar-refractivity contribution is -0.111. The van der Waals surface area contributed by atoms with Gasteiger partial charge < -0.3 is 10.3 Å². The van der Waals surface area contributed by atoms with Crippen LogP contribution in [0.2, 0.25) is 5.02 Å². The summed E-state index contributed by atoms with van der Waals surface area (Å²) in [6, 6.07) is 15.5. The standard InChI is InChI=1S/C21H17ClN4O/c1-3-20(27)23-16-10-14-11-19(13-4-6-15(22)7-5-13)24-21(14)17(12-16)18-8-9-26(2)25-18/h3-12,24H,1H2,2H3,(H,23,27). The summed E-state index contributed by atoms with van der Waals surface area (Å²) in [6.45, 7) is 3.51. The summed E-state index contributed by atoms with van der Waals surface area (Å²) in [5, 5.41) is 9.01.